The predicted molar refractivity (Wildman–Crippen MR) is 100 cm³/mol. The van der Waals surface area contributed by atoms with Crippen molar-refractivity contribution in [1.82, 2.24) is 9.78 Å². The molecule has 2 amide bonds. The van der Waals surface area contributed by atoms with Crippen molar-refractivity contribution < 1.29 is 9.59 Å². The van der Waals surface area contributed by atoms with E-state index in [1.54, 1.807) is 47.1 Å². The SMILES string of the molecule is CCn1nc(C(=O)Nc2ccc(NC(C)=O)cc2)c(=O)c2ccccc21. The summed E-state index contributed by atoms with van der Waals surface area (Å²) in [5.74, 6) is -0.752. The van der Waals surface area contributed by atoms with Crippen LogP contribution in [0.1, 0.15) is 24.3 Å². The Hall–Kier alpha value is -3.48. The zero-order valence-corrected chi connectivity index (χ0v) is 14.4. The molecule has 2 aromatic carbocycles. The number of para-hydroxylation sites is 1. The zero-order chi connectivity index (χ0) is 18.7. The average Bonchev–Trinajstić information content (AvgIpc) is 2.63. The van der Waals surface area contributed by atoms with E-state index in [1.807, 2.05) is 13.0 Å². The van der Waals surface area contributed by atoms with Gasteiger partial charge in [-0.15, -0.1) is 0 Å². The number of hydrogen-bond acceptors (Lipinski definition) is 4. The molecule has 1 aromatic heterocycles. The maximum Gasteiger partial charge on any atom is 0.280 e. The van der Waals surface area contributed by atoms with Crippen LogP contribution in [-0.2, 0) is 11.3 Å². The summed E-state index contributed by atoms with van der Waals surface area (Å²) in [7, 11) is 0. The van der Waals surface area contributed by atoms with Crippen LogP contribution >= 0.6 is 0 Å². The van der Waals surface area contributed by atoms with Crippen molar-refractivity contribution in [2.24, 2.45) is 0 Å². The molecule has 0 saturated carbocycles. The van der Waals surface area contributed by atoms with Crippen LogP contribution < -0.4 is 16.1 Å². The van der Waals surface area contributed by atoms with Gasteiger partial charge < -0.3 is 10.6 Å². The Labute approximate surface area is 149 Å². The lowest BCUT2D eigenvalue weighted by Crippen LogP contribution is -2.27. The molecule has 7 nitrogen and oxygen atoms in total. The quantitative estimate of drug-likeness (QED) is 0.756. The van der Waals surface area contributed by atoms with Crippen LogP contribution in [0.15, 0.2) is 53.3 Å². The number of nitrogens with zero attached hydrogens (tertiary/aromatic N) is 2. The van der Waals surface area contributed by atoms with Gasteiger partial charge in [0, 0.05) is 30.2 Å². The lowest BCUT2D eigenvalue weighted by atomic mass is 10.2. The fraction of sp³-hybridized carbons (Fsp3) is 0.158. The van der Waals surface area contributed by atoms with Gasteiger partial charge in [-0.25, -0.2) is 0 Å². The number of carbonyl (C=O) groups is 2. The first-order valence-electron chi connectivity index (χ1n) is 8.18. The van der Waals surface area contributed by atoms with E-state index in [9.17, 15) is 14.4 Å². The third-order valence-corrected chi connectivity index (χ3v) is 3.84. The Morgan fingerprint density at radius 3 is 2.23 bits per heavy atom. The van der Waals surface area contributed by atoms with E-state index in [-0.39, 0.29) is 11.6 Å². The molecule has 7 heteroatoms. The second-order valence-electron chi connectivity index (χ2n) is 5.72. The lowest BCUT2D eigenvalue weighted by Gasteiger charge is -2.10. The van der Waals surface area contributed by atoms with Crippen LogP contribution in [0, 0.1) is 0 Å². The molecule has 0 saturated heterocycles. The minimum absolute atomic E-state index is 0.156. The van der Waals surface area contributed by atoms with Crippen molar-refractivity contribution in [3.8, 4) is 0 Å². The molecule has 0 atom stereocenters. The summed E-state index contributed by atoms with van der Waals surface area (Å²) < 4.78 is 1.63. The second-order valence-corrected chi connectivity index (χ2v) is 5.72. The molecular weight excluding hydrogens is 332 g/mol. The molecule has 2 N–H and O–H groups in total. The van der Waals surface area contributed by atoms with E-state index in [0.717, 1.165) is 0 Å². The van der Waals surface area contributed by atoms with Gasteiger partial charge in [0.05, 0.1) is 5.52 Å². The van der Waals surface area contributed by atoms with Gasteiger partial charge in [-0.1, -0.05) is 12.1 Å². The molecular formula is C19H18N4O3. The number of benzene rings is 2. The Balaban J connectivity index is 1.91. The molecule has 0 spiro atoms. The van der Waals surface area contributed by atoms with E-state index in [1.165, 1.54) is 6.92 Å². The number of hydrogen-bond donors (Lipinski definition) is 2. The van der Waals surface area contributed by atoms with Gasteiger partial charge >= 0.3 is 0 Å². The van der Waals surface area contributed by atoms with Crippen molar-refractivity contribution in [3.63, 3.8) is 0 Å². The predicted octanol–water partition coefficient (Wildman–Crippen LogP) is 2.63. The Morgan fingerprint density at radius 1 is 1.00 bits per heavy atom. The summed E-state index contributed by atoms with van der Waals surface area (Å²) in [6, 6.07) is 13.7. The van der Waals surface area contributed by atoms with Gasteiger partial charge in [0.25, 0.3) is 5.91 Å². The summed E-state index contributed by atoms with van der Waals surface area (Å²) in [6.07, 6.45) is 0. The molecule has 3 rings (SSSR count). The fourth-order valence-corrected chi connectivity index (χ4v) is 2.66. The zero-order valence-electron chi connectivity index (χ0n) is 14.4. The Bertz CT molecular complexity index is 1040. The number of carbonyl (C=O) groups excluding carboxylic acids is 2. The van der Waals surface area contributed by atoms with Gasteiger partial charge in [0.15, 0.2) is 5.69 Å². The maximum absolute atomic E-state index is 12.6. The summed E-state index contributed by atoms with van der Waals surface area (Å²) >= 11 is 0. The first-order chi connectivity index (χ1) is 12.5. The highest BCUT2D eigenvalue weighted by Gasteiger charge is 2.17. The van der Waals surface area contributed by atoms with Crippen LogP contribution in [0.4, 0.5) is 11.4 Å². The molecule has 26 heavy (non-hydrogen) atoms. The average molecular weight is 350 g/mol. The van der Waals surface area contributed by atoms with Crippen molar-refractivity contribution in [3.05, 3.63) is 64.4 Å². The van der Waals surface area contributed by atoms with Crippen molar-refractivity contribution in [2.45, 2.75) is 20.4 Å². The number of amides is 2. The first kappa shape index (κ1) is 17.3. The lowest BCUT2D eigenvalue weighted by molar-refractivity contribution is -0.114. The number of aryl methyl sites for hydroxylation is 1. The van der Waals surface area contributed by atoms with E-state index in [2.05, 4.69) is 15.7 Å². The normalized spacial score (nSPS) is 10.5. The molecule has 3 aromatic rings. The van der Waals surface area contributed by atoms with Crippen molar-refractivity contribution in [1.29, 1.82) is 0 Å². The monoisotopic (exact) mass is 350 g/mol. The number of rotatable bonds is 4. The molecule has 0 bridgehead atoms. The maximum atomic E-state index is 12.6. The van der Waals surface area contributed by atoms with E-state index >= 15 is 0 Å². The van der Waals surface area contributed by atoms with Crippen LogP contribution in [0.3, 0.4) is 0 Å². The van der Waals surface area contributed by atoms with Gasteiger partial charge in [-0.05, 0) is 43.3 Å². The minimum atomic E-state index is -0.574. The fourth-order valence-electron chi connectivity index (χ4n) is 2.66. The van der Waals surface area contributed by atoms with Crippen molar-refractivity contribution >= 4 is 34.1 Å². The summed E-state index contributed by atoms with van der Waals surface area (Å²) in [6.45, 7) is 3.85. The highest BCUT2D eigenvalue weighted by Crippen LogP contribution is 2.15. The highest BCUT2D eigenvalue weighted by molar-refractivity contribution is 6.04. The van der Waals surface area contributed by atoms with Gasteiger partial charge in [0.2, 0.25) is 11.3 Å². The van der Waals surface area contributed by atoms with Crippen LogP contribution in [-0.4, -0.2) is 21.6 Å². The summed E-state index contributed by atoms with van der Waals surface area (Å²) in [5, 5.41) is 9.97. The smallest absolute Gasteiger partial charge is 0.280 e. The number of fused-ring (bicyclic) bond motifs is 1. The Kier molecular flexibility index (Phi) is 4.79. The molecule has 1 heterocycles. The molecule has 0 aliphatic heterocycles. The molecule has 0 fully saturated rings. The molecule has 0 aliphatic carbocycles. The van der Waals surface area contributed by atoms with E-state index in [4.69, 9.17) is 0 Å². The summed E-state index contributed by atoms with van der Waals surface area (Å²) in [4.78, 5) is 36.2. The Morgan fingerprint density at radius 2 is 1.62 bits per heavy atom. The number of nitrogens with one attached hydrogen (secondary N) is 2. The van der Waals surface area contributed by atoms with E-state index in [0.29, 0.717) is 28.8 Å². The summed E-state index contributed by atoms with van der Waals surface area (Å²) in [5.41, 5.74) is 1.25. The third kappa shape index (κ3) is 3.46. The molecule has 0 unspecified atom stereocenters. The third-order valence-electron chi connectivity index (χ3n) is 3.84. The van der Waals surface area contributed by atoms with Gasteiger partial charge in [-0.3, -0.25) is 19.1 Å². The largest absolute Gasteiger partial charge is 0.326 e. The van der Waals surface area contributed by atoms with Gasteiger partial charge in [-0.2, -0.15) is 5.10 Å². The van der Waals surface area contributed by atoms with Crippen LogP contribution in [0.25, 0.3) is 10.9 Å². The van der Waals surface area contributed by atoms with Crippen LogP contribution in [0.2, 0.25) is 0 Å². The second kappa shape index (κ2) is 7.18. The molecule has 0 radical (unpaired) electrons. The van der Waals surface area contributed by atoms with Crippen LogP contribution in [0.5, 0.6) is 0 Å². The molecule has 0 aliphatic rings. The number of aromatic nitrogens is 2. The van der Waals surface area contributed by atoms with E-state index < -0.39 is 11.3 Å². The first-order valence-corrected chi connectivity index (χ1v) is 8.18. The topological polar surface area (TPSA) is 93.1 Å². The highest BCUT2D eigenvalue weighted by atomic mass is 16.2. The van der Waals surface area contributed by atoms with Crippen molar-refractivity contribution in [2.75, 3.05) is 10.6 Å². The molecule has 132 valence electrons. The minimum Gasteiger partial charge on any atom is -0.326 e. The number of anilines is 2. The van der Waals surface area contributed by atoms with Gasteiger partial charge in [0.1, 0.15) is 0 Å². The standard InChI is InChI=1S/C19H18N4O3/c1-3-23-16-7-5-4-6-15(16)18(25)17(22-23)19(26)21-14-10-8-13(9-11-14)20-12(2)24/h4-11H,3H2,1-2H3,(H,20,24)(H,21,26).